The summed E-state index contributed by atoms with van der Waals surface area (Å²) in [5, 5.41) is 16.8. The third kappa shape index (κ3) is 5.90. The number of piperidine rings is 1. The molecule has 1 aromatic heterocycles. The molecule has 2 atom stereocenters. The van der Waals surface area contributed by atoms with Crippen molar-refractivity contribution < 1.29 is 27.8 Å². The molecule has 2 aromatic rings. The number of aromatic nitrogens is 2. The number of ether oxygens (including phenoxy) is 1. The molecule has 0 bridgehead atoms. The third-order valence-electron chi connectivity index (χ3n) is 6.81. The Labute approximate surface area is 202 Å². The molecule has 3 heterocycles. The summed E-state index contributed by atoms with van der Waals surface area (Å²) in [7, 11) is 0. The molecule has 2 unspecified atom stereocenters. The second kappa shape index (κ2) is 10.9. The molecule has 2 aliphatic rings. The van der Waals surface area contributed by atoms with E-state index in [0.29, 0.717) is 58.9 Å². The van der Waals surface area contributed by atoms with Crippen molar-refractivity contribution in [3.05, 3.63) is 47.2 Å². The Kier molecular flexibility index (Phi) is 7.85. The van der Waals surface area contributed by atoms with Crippen LogP contribution in [0.25, 0.3) is 0 Å². The predicted molar refractivity (Wildman–Crippen MR) is 124 cm³/mol. The molecule has 2 amide bonds. The molecule has 4 rings (SSSR count). The van der Waals surface area contributed by atoms with Crippen molar-refractivity contribution >= 4 is 11.8 Å². The van der Waals surface area contributed by atoms with E-state index in [1.54, 1.807) is 9.80 Å². The lowest BCUT2D eigenvalue weighted by molar-refractivity contribution is -0.137. The number of amides is 2. The fourth-order valence-corrected chi connectivity index (χ4v) is 4.87. The molecular weight excluding hydrogens is 463 g/mol. The van der Waals surface area contributed by atoms with E-state index in [9.17, 15) is 23.1 Å². The highest BCUT2D eigenvalue weighted by Crippen LogP contribution is 2.38. The highest BCUT2D eigenvalue weighted by molar-refractivity contribution is 5.75. The van der Waals surface area contributed by atoms with Crippen LogP contribution in [0.1, 0.15) is 42.0 Å². The van der Waals surface area contributed by atoms with Crippen LogP contribution in [-0.2, 0) is 10.9 Å². The number of aliphatic hydroxyl groups is 1. The average Bonchev–Trinajstić information content (AvgIpc) is 3.37. The van der Waals surface area contributed by atoms with E-state index in [0.717, 1.165) is 29.2 Å². The number of carbonyl (C=O) groups is 1. The normalized spacial score (nSPS) is 21.3. The van der Waals surface area contributed by atoms with Crippen LogP contribution in [-0.4, -0.2) is 90.2 Å². The van der Waals surface area contributed by atoms with Crippen LogP contribution in [0.4, 0.5) is 23.8 Å². The number of anilines is 1. The fraction of sp³-hybridized carbons (Fsp3) is 0.583. The number of morpholine rings is 1. The molecule has 8 nitrogen and oxygen atoms in total. The minimum Gasteiger partial charge on any atom is -0.395 e. The molecular formula is C24H32F3N5O3. The highest BCUT2D eigenvalue weighted by Gasteiger charge is 2.36. The number of carbonyl (C=O) groups excluding carboxylic acids is 1. The summed E-state index contributed by atoms with van der Waals surface area (Å²) < 4.78 is 44.6. The first kappa shape index (κ1) is 25.3. The molecule has 2 aliphatic heterocycles. The lowest BCUT2D eigenvalue weighted by Gasteiger charge is -2.41. The summed E-state index contributed by atoms with van der Waals surface area (Å²) in [6, 6.07) is 7.11. The molecule has 2 fully saturated rings. The van der Waals surface area contributed by atoms with Gasteiger partial charge in [0.2, 0.25) is 0 Å². The number of alkyl halides is 3. The number of benzene rings is 1. The summed E-state index contributed by atoms with van der Waals surface area (Å²) in [5.74, 6) is 0.543. The minimum atomic E-state index is -4.39. The second-order valence-electron chi connectivity index (χ2n) is 9.02. The Hall–Kier alpha value is -2.79. The molecule has 1 aromatic carbocycles. The van der Waals surface area contributed by atoms with E-state index in [1.165, 1.54) is 12.1 Å². The van der Waals surface area contributed by atoms with Crippen molar-refractivity contribution in [1.82, 2.24) is 20.0 Å². The highest BCUT2D eigenvalue weighted by atomic mass is 19.4. The van der Waals surface area contributed by atoms with Gasteiger partial charge in [0, 0.05) is 62.9 Å². The maximum atomic E-state index is 13.3. The smallest absolute Gasteiger partial charge is 0.395 e. The van der Waals surface area contributed by atoms with Crippen LogP contribution in [0.5, 0.6) is 0 Å². The van der Waals surface area contributed by atoms with Crippen LogP contribution >= 0.6 is 0 Å². The van der Waals surface area contributed by atoms with Gasteiger partial charge in [-0.25, -0.2) is 4.79 Å². The van der Waals surface area contributed by atoms with Crippen molar-refractivity contribution in [3.63, 3.8) is 0 Å². The lowest BCUT2D eigenvalue weighted by atomic mass is 9.83. The standard InChI is InChI=1S/C24H32F3N5O3/c1-2-30(7-10-33)22-14-21(28-29-22)19-13-18(17-3-5-20(6-4-17)24(25,26)27)15-32(16-19)23(34)31-8-11-35-12-9-31/h3-6,14,18-19,33H,2,7-13,15-16H2,1H3,(H,28,29). The molecule has 0 spiro atoms. The number of urea groups is 1. The van der Waals surface area contributed by atoms with Crippen LogP contribution in [0, 0.1) is 0 Å². The second-order valence-corrected chi connectivity index (χ2v) is 9.02. The van der Waals surface area contributed by atoms with E-state index in [4.69, 9.17) is 4.74 Å². The van der Waals surface area contributed by atoms with Crippen molar-refractivity contribution in [1.29, 1.82) is 0 Å². The summed E-state index contributed by atoms with van der Waals surface area (Å²) in [6.07, 6.45) is -3.72. The Morgan fingerprint density at radius 3 is 2.49 bits per heavy atom. The Morgan fingerprint density at radius 1 is 1.17 bits per heavy atom. The zero-order chi connectivity index (χ0) is 25.0. The van der Waals surface area contributed by atoms with Crippen molar-refractivity contribution in [2.75, 3.05) is 64.0 Å². The van der Waals surface area contributed by atoms with Gasteiger partial charge in [-0.05, 0) is 31.0 Å². The van der Waals surface area contributed by atoms with Crippen LogP contribution < -0.4 is 4.90 Å². The molecule has 0 radical (unpaired) electrons. The largest absolute Gasteiger partial charge is 0.416 e. The summed E-state index contributed by atoms with van der Waals surface area (Å²) >= 11 is 0. The first-order valence-corrected chi connectivity index (χ1v) is 12.0. The minimum absolute atomic E-state index is 0.0112. The summed E-state index contributed by atoms with van der Waals surface area (Å²) in [6.45, 7) is 6.08. The van der Waals surface area contributed by atoms with Crippen molar-refractivity contribution in [2.24, 2.45) is 0 Å². The van der Waals surface area contributed by atoms with Gasteiger partial charge in [0.05, 0.1) is 25.4 Å². The number of likely N-dealkylation sites (tertiary alicyclic amines) is 1. The average molecular weight is 496 g/mol. The number of nitrogens with zero attached hydrogens (tertiary/aromatic N) is 4. The van der Waals surface area contributed by atoms with Gasteiger partial charge in [-0.2, -0.15) is 18.3 Å². The molecule has 0 aliphatic carbocycles. The van der Waals surface area contributed by atoms with Gasteiger partial charge in [0.25, 0.3) is 0 Å². The number of hydrogen-bond acceptors (Lipinski definition) is 5. The SMILES string of the molecule is CCN(CCO)c1cc(C2CC(c3ccc(C(F)(F)F)cc3)CN(C(=O)N3CCOCC3)C2)[nH]n1. The number of H-pyrrole nitrogens is 1. The number of aliphatic hydroxyl groups excluding tert-OH is 1. The van der Waals surface area contributed by atoms with Gasteiger partial charge in [0.15, 0.2) is 5.82 Å². The molecule has 0 saturated carbocycles. The zero-order valence-corrected chi connectivity index (χ0v) is 19.8. The monoisotopic (exact) mass is 495 g/mol. The Bertz CT molecular complexity index is 976. The molecule has 2 N–H and O–H groups in total. The molecule has 11 heteroatoms. The molecule has 35 heavy (non-hydrogen) atoms. The quantitative estimate of drug-likeness (QED) is 0.643. The first-order chi connectivity index (χ1) is 16.8. The van der Waals surface area contributed by atoms with Gasteiger partial charge >= 0.3 is 12.2 Å². The number of likely N-dealkylation sites (N-methyl/N-ethyl adjacent to an activating group) is 1. The number of rotatable bonds is 6. The van der Waals surface area contributed by atoms with E-state index >= 15 is 0 Å². The van der Waals surface area contributed by atoms with Crippen LogP contribution in [0.2, 0.25) is 0 Å². The maximum Gasteiger partial charge on any atom is 0.416 e. The van der Waals surface area contributed by atoms with Gasteiger partial charge in [0.1, 0.15) is 0 Å². The van der Waals surface area contributed by atoms with E-state index in [-0.39, 0.29) is 24.5 Å². The molecule has 2 saturated heterocycles. The zero-order valence-electron chi connectivity index (χ0n) is 19.8. The third-order valence-corrected chi connectivity index (χ3v) is 6.81. The van der Waals surface area contributed by atoms with Crippen molar-refractivity contribution in [2.45, 2.75) is 31.4 Å². The number of aromatic amines is 1. The van der Waals surface area contributed by atoms with Crippen LogP contribution in [0.3, 0.4) is 0 Å². The fourth-order valence-electron chi connectivity index (χ4n) is 4.87. The van der Waals surface area contributed by atoms with E-state index in [2.05, 4.69) is 10.2 Å². The summed E-state index contributed by atoms with van der Waals surface area (Å²) in [5.41, 5.74) is 0.960. The van der Waals surface area contributed by atoms with Gasteiger partial charge in [-0.15, -0.1) is 0 Å². The van der Waals surface area contributed by atoms with Crippen molar-refractivity contribution in [3.8, 4) is 0 Å². The number of nitrogens with one attached hydrogen (secondary N) is 1. The van der Waals surface area contributed by atoms with E-state index in [1.807, 2.05) is 17.9 Å². The van der Waals surface area contributed by atoms with Gasteiger partial charge in [-0.3, -0.25) is 5.10 Å². The molecule has 192 valence electrons. The lowest BCUT2D eigenvalue weighted by Crippen LogP contribution is -2.52. The topological polar surface area (TPSA) is 84.9 Å². The van der Waals surface area contributed by atoms with Gasteiger partial charge < -0.3 is 24.5 Å². The number of halogens is 3. The van der Waals surface area contributed by atoms with Gasteiger partial charge in [-0.1, -0.05) is 12.1 Å². The summed E-state index contributed by atoms with van der Waals surface area (Å²) in [4.78, 5) is 18.8. The number of hydrogen-bond donors (Lipinski definition) is 2. The Balaban J connectivity index is 1.58. The Morgan fingerprint density at radius 2 is 1.86 bits per heavy atom. The van der Waals surface area contributed by atoms with Crippen LogP contribution in [0.15, 0.2) is 30.3 Å². The maximum absolute atomic E-state index is 13.3. The predicted octanol–water partition coefficient (Wildman–Crippen LogP) is 3.27. The first-order valence-electron chi connectivity index (χ1n) is 12.0. The van der Waals surface area contributed by atoms with E-state index < -0.39 is 11.7 Å².